The molecule has 2 aromatic carbocycles. The van der Waals surface area contributed by atoms with Crippen LogP contribution in [-0.4, -0.2) is 22.8 Å². The maximum Gasteiger partial charge on any atom is 0.269 e. The molecule has 1 atom stereocenters. The van der Waals surface area contributed by atoms with Gasteiger partial charge in [0, 0.05) is 23.6 Å². The highest BCUT2D eigenvalue weighted by molar-refractivity contribution is 6.30. The predicted molar refractivity (Wildman–Crippen MR) is 93.1 cm³/mol. The number of halogens is 1. The van der Waals surface area contributed by atoms with Gasteiger partial charge in [-0.05, 0) is 23.3 Å². The number of hydrogen-bond acceptors (Lipinski definition) is 4. The molecule has 2 rings (SSSR count). The Hall–Kier alpha value is -2.93. The standard InChI is InChI=1S/C17H16ClN3O4/c18-13-5-1-3-11(7-13)9-15(17(19)23)20-16(22)10-12-4-2-6-14(8-12)21(24)25/h1-8,15H,9-10H2,(H2,19,23)(H,20,22)/t15-/m1/s1. The second-order valence-electron chi connectivity index (χ2n) is 5.46. The van der Waals surface area contributed by atoms with Gasteiger partial charge in [-0.3, -0.25) is 19.7 Å². The molecule has 0 aliphatic carbocycles. The van der Waals surface area contributed by atoms with Crippen molar-refractivity contribution in [3.8, 4) is 0 Å². The van der Waals surface area contributed by atoms with Crippen molar-refractivity contribution in [1.29, 1.82) is 0 Å². The molecule has 3 N–H and O–H groups in total. The molecule has 0 spiro atoms. The fraction of sp³-hybridized carbons (Fsp3) is 0.176. The minimum atomic E-state index is -0.898. The van der Waals surface area contributed by atoms with E-state index < -0.39 is 22.8 Å². The second-order valence-corrected chi connectivity index (χ2v) is 5.90. The van der Waals surface area contributed by atoms with Crippen molar-refractivity contribution in [2.75, 3.05) is 0 Å². The van der Waals surface area contributed by atoms with E-state index in [2.05, 4.69) is 5.32 Å². The minimum absolute atomic E-state index is 0.0962. The van der Waals surface area contributed by atoms with E-state index in [1.165, 1.54) is 18.2 Å². The number of primary amides is 1. The van der Waals surface area contributed by atoms with E-state index in [9.17, 15) is 19.7 Å². The Morgan fingerprint density at radius 2 is 1.84 bits per heavy atom. The lowest BCUT2D eigenvalue weighted by molar-refractivity contribution is -0.384. The van der Waals surface area contributed by atoms with E-state index in [4.69, 9.17) is 17.3 Å². The van der Waals surface area contributed by atoms with E-state index in [-0.39, 0.29) is 18.5 Å². The molecule has 25 heavy (non-hydrogen) atoms. The van der Waals surface area contributed by atoms with Crippen molar-refractivity contribution in [1.82, 2.24) is 5.32 Å². The lowest BCUT2D eigenvalue weighted by Crippen LogP contribution is -2.46. The van der Waals surface area contributed by atoms with Gasteiger partial charge in [0.2, 0.25) is 11.8 Å². The molecule has 2 aromatic rings. The molecule has 0 aliphatic heterocycles. The molecule has 7 nitrogen and oxygen atoms in total. The number of rotatable bonds is 7. The largest absolute Gasteiger partial charge is 0.368 e. The molecule has 0 radical (unpaired) electrons. The molecule has 2 amide bonds. The number of nitrogens with one attached hydrogen (secondary N) is 1. The number of non-ortho nitro benzene ring substituents is 1. The molecule has 0 heterocycles. The summed E-state index contributed by atoms with van der Waals surface area (Å²) in [5.41, 5.74) is 6.48. The number of nitrogens with zero attached hydrogens (tertiary/aromatic N) is 1. The number of hydrogen-bond donors (Lipinski definition) is 2. The Labute approximate surface area is 148 Å². The summed E-state index contributed by atoms with van der Waals surface area (Å²) in [5.74, 6) is -1.13. The molecular formula is C17H16ClN3O4. The van der Waals surface area contributed by atoms with Crippen LogP contribution in [-0.2, 0) is 22.4 Å². The van der Waals surface area contributed by atoms with Gasteiger partial charge < -0.3 is 11.1 Å². The summed E-state index contributed by atoms with van der Waals surface area (Å²) < 4.78 is 0. The van der Waals surface area contributed by atoms with Crippen molar-refractivity contribution >= 4 is 29.1 Å². The van der Waals surface area contributed by atoms with E-state index >= 15 is 0 Å². The first-order valence-electron chi connectivity index (χ1n) is 7.41. The van der Waals surface area contributed by atoms with Crippen LogP contribution >= 0.6 is 11.6 Å². The van der Waals surface area contributed by atoms with Crippen LogP contribution in [0.1, 0.15) is 11.1 Å². The van der Waals surface area contributed by atoms with Gasteiger partial charge in [-0.25, -0.2) is 0 Å². The fourth-order valence-corrected chi connectivity index (χ4v) is 2.55. The maximum absolute atomic E-state index is 12.2. The van der Waals surface area contributed by atoms with Crippen molar-refractivity contribution < 1.29 is 14.5 Å². The molecule has 8 heteroatoms. The van der Waals surface area contributed by atoms with Gasteiger partial charge in [0.25, 0.3) is 5.69 Å². The molecular weight excluding hydrogens is 346 g/mol. The van der Waals surface area contributed by atoms with Crippen LogP contribution in [0.25, 0.3) is 0 Å². The average molecular weight is 362 g/mol. The topological polar surface area (TPSA) is 115 Å². The zero-order valence-corrected chi connectivity index (χ0v) is 13.9. The lowest BCUT2D eigenvalue weighted by atomic mass is 10.0. The highest BCUT2D eigenvalue weighted by Gasteiger charge is 2.19. The molecule has 0 aliphatic rings. The number of nitro groups is 1. The van der Waals surface area contributed by atoms with Crippen LogP contribution in [0.5, 0.6) is 0 Å². The third kappa shape index (κ3) is 5.58. The van der Waals surface area contributed by atoms with Gasteiger partial charge in [0.15, 0.2) is 0 Å². The first kappa shape index (κ1) is 18.4. The Kier molecular flexibility index (Phi) is 6.08. The van der Waals surface area contributed by atoms with Gasteiger partial charge in [0.1, 0.15) is 6.04 Å². The van der Waals surface area contributed by atoms with Gasteiger partial charge in [-0.15, -0.1) is 0 Å². The Bertz CT molecular complexity index is 810. The number of carbonyl (C=O) groups is 2. The number of nitrogens with two attached hydrogens (primary N) is 1. The number of benzene rings is 2. The fourth-order valence-electron chi connectivity index (χ4n) is 2.33. The maximum atomic E-state index is 12.2. The van der Waals surface area contributed by atoms with Crippen molar-refractivity contribution in [3.63, 3.8) is 0 Å². The summed E-state index contributed by atoms with van der Waals surface area (Å²) in [6, 6.07) is 11.7. The van der Waals surface area contributed by atoms with Gasteiger partial charge in [-0.1, -0.05) is 35.9 Å². The predicted octanol–water partition coefficient (Wildman–Crippen LogP) is 2.00. The van der Waals surface area contributed by atoms with E-state index in [0.29, 0.717) is 10.6 Å². The first-order chi connectivity index (χ1) is 11.8. The zero-order chi connectivity index (χ0) is 18.4. The molecule has 0 aromatic heterocycles. The Morgan fingerprint density at radius 1 is 1.16 bits per heavy atom. The van der Waals surface area contributed by atoms with Crippen molar-refractivity contribution in [2.24, 2.45) is 5.73 Å². The third-order valence-corrected chi connectivity index (χ3v) is 3.73. The van der Waals surface area contributed by atoms with Crippen LogP contribution in [0.3, 0.4) is 0 Å². The summed E-state index contributed by atoms with van der Waals surface area (Å²) in [6.07, 6.45) is 0.109. The van der Waals surface area contributed by atoms with Crippen molar-refractivity contribution in [2.45, 2.75) is 18.9 Å². The monoisotopic (exact) mass is 361 g/mol. The molecule has 130 valence electrons. The number of amides is 2. The van der Waals surface area contributed by atoms with Gasteiger partial charge >= 0.3 is 0 Å². The first-order valence-corrected chi connectivity index (χ1v) is 7.79. The number of carbonyl (C=O) groups excluding carboxylic acids is 2. The van der Waals surface area contributed by atoms with E-state index in [1.807, 2.05) is 0 Å². The molecule has 0 saturated carbocycles. The minimum Gasteiger partial charge on any atom is -0.368 e. The highest BCUT2D eigenvalue weighted by atomic mass is 35.5. The number of nitro benzene ring substituents is 1. The molecule has 0 fully saturated rings. The summed E-state index contributed by atoms with van der Waals surface area (Å²) in [7, 11) is 0. The molecule has 0 unspecified atom stereocenters. The molecule has 0 bridgehead atoms. The Balaban J connectivity index is 2.04. The third-order valence-electron chi connectivity index (χ3n) is 3.49. The smallest absolute Gasteiger partial charge is 0.269 e. The SMILES string of the molecule is NC(=O)[C@@H](Cc1cccc(Cl)c1)NC(=O)Cc1cccc([N+](=O)[O-])c1. The van der Waals surface area contributed by atoms with Crippen LogP contribution in [0.4, 0.5) is 5.69 Å². The lowest BCUT2D eigenvalue weighted by Gasteiger charge is -2.16. The van der Waals surface area contributed by atoms with Gasteiger partial charge in [-0.2, -0.15) is 0 Å². The average Bonchev–Trinajstić information content (AvgIpc) is 2.54. The molecule has 0 saturated heterocycles. The summed E-state index contributed by atoms with van der Waals surface area (Å²) in [4.78, 5) is 34.0. The quantitative estimate of drug-likeness (QED) is 0.579. The van der Waals surface area contributed by atoms with Crippen LogP contribution < -0.4 is 11.1 Å². The van der Waals surface area contributed by atoms with Crippen LogP contribution in [0.15, 0.2) is 48.5 Å². The summed E-state index contributed by atoms with van der Waals surface area (Å²) >= 11 is 5.90. The normalized spacial score (nSPS) is 11.6. The zero-order valence-electron chi connectivity index (χ0n) is 13.1. The van der Waals surface area contributed by atoms with E-state index in [0.717, 1.165) is 5.56 Å². The van der Waals surface area contributed by atoms with Crippen LogP contribution in [0, 0.1) is 10.1 Å². The van der Waals surface area contributed by atoms with E-state index in [1.54, 1.807) is 30.3 Å². The summed E-state index contributed by atoms with van der Waals surface area (Å²) in [6.45, 7) is 0. The summed E-state index contributed by atoms with van der Waals surface area (Å²) in [5, 5.41) is 13.8. The van der Waals surface area contributed by atoms with Crippen molar-refractivity contribution in [3.05, 3.63) is 74.8 Å². The second kappa shape index (κ2) is 8.25. The van der Waals surface area contributed by atoms with Crippen LogP contribution in [0.2, 0.25) is 5.02 Å². The van der Waals surface area contributed by atoms with Gasteiger partial charge in [0.05, 0.1) is 11.3 Å². The Morgan fingerprint density at radius 3 is 2.48 bits per heavy atom. The highest BCUT2D eigenvalue weighted by Crippen LogP contribution is 2.14.